The van der Waals surface area contributed by atoms with Gasteiger partial charge in [-0.05, 0) is 58.8 Å². The number of ketones is 12. The van der Waals surface area contributed by atoms with E-state index in [1.165, 1.54) is 54.8 Å². The van der Waals surface area contributed by atoms with E-state index in [-0.39, 0.29) is 212 Å². The van der Waals surface area contributed by atoms with Crippen LogP contribution in [-0.4, -0.2) is 239 Å². The Balaban J connectivity index is 0. The van der Waals surface area contributed by atoms with Crippen LogP contribution in [0.25, 0.3) is 0 Å². The van der Waals surface area contributed by atoms with Gasteiger partial charge in [0.15, 0.2) is 11.6 Å². The normalized spacial score (nSPS) is 16.1. The Morgan fingerprint density at radius 3 is 1.14 bits per heavy atom. The van der Waals surface area contributed by atoms with Crippen LogP contribution in [-0.2, 0) is 120 Å². The van der Waals surface area contributed by atoms with Crippen LogP contribution in [0.15, 0.2) is 36.5 Å². The number of nitrogens with zero attached hydrogens (tertiary/aromatic N) is 4. The summed E-state index contributed by atoms with van der Waals surface area (Å²) in [5.41, 5.74) is 0. The van der Waals surface area contributed by atoms with Gasteiger partial charge in [0.1, 0.15) is 71.0 Å². The minimum absolute atomic E-state index is 0.000577. The molecule has 115 heavy (non-hydrogen) atoms. The Labute approximate surface area is 683 Å². The second kappa shape index (κ2) is 60.9. The van der Waals surface area contributed by atoms with Crippen molar-refractivity contribution in [3.8, 4) is 0 Å². The fraction of sp³-hybridized carbons (Fsp3) is 0.679. The van der Waals surface area contributed by atoms with Crippen LogP contribution in [0.2, 0.25) is 0 Å². The number of thioether (sulfide) groups is 1. The van der Waals surface area contributed by atoms with Crippen LogP contribution >= 0.6 is 11.8 Å². The molecule has 1 unspecified atom stereocenters. The number of likely N-dealkylation sites (tertiary alicyclic amines) is 1. The lowest BCUT2D eigenvalue weighted by Gasteiger charge is -2.29. The van der Waals surface area contributed by atoms with Gasteiger partial charge in [-0.2, -0.15) is 0 Å². The molecular weight excluding hydrogens is 1510 g/mol. The van der Waals surface area contributed by atoms with Crippen molar-refractivity contribution in [1.82, 2.24) is 24.9 Å². The molecule has 1 saturated carbocycles. The van der Waals surface area contributed by atoms with Crippen LogP contribution in [0.3, 0.4) is 0 Å². The molecule has 5 rings (SSSR count). The molecule has 0 radical (unpaired) electrons. The monoisotopic (exact) mass is 1640 g/mol. The van der Waals surface area contributed by atoms with E-state index in [1.807, 2.05) is 76.2 Å². The summed E-state index contributed by atoms with van der Waals surface area (Å²) in [7, 11) is 0. The van der Waals surface area contributed by atoms with Gasteiger partial charge < -0.3 is 24.3 Å². The Hall–Kier alpha value is -8.52. The first-order valence-corrected chi connectivity index (χ1v) is 40.7. The van der Waals surface area contributed by atoms with E-state index >= 15 is 0 Å². The average molecular weight is 1640 g/mol. The molecule has 30 nitrogen and oxygen atoms in total. The van der Waals surface area contributed by atoms with Crippen LogP contribution in [0.1, 0.15) is 221 Å². The third-order valence-corrected chi connectivity index (χ3v) is 19.0. The molecule has 0 aromatic carbocycles. The topological polar surface area (TPSA) is 420 Å². The van der Waals surface area contributed by atoms with Crippen molar-refractivity contribution in [3.63, 3.8) is 0 Å². The Morgan fingerprint density at radius 1 is 0.409 bits per heavy atom. The highest BCUT2D eigenvalue weighted by Crippen LogP contribution is 2.33. The number of imide groups is 4. The highest BCUT2D eigenvalue weighted by Gasteiger charge is 2.41. The minimum Gasteiger partial charge on any atom is -0.381 e. The number of Topliss-reactive ketones (excluding diaryl/α,β-unsaturated/α-hetero) is 12. The maximum atomic E-state index is 12.5. The third-order valence-electron chi connectivity index (χ3n) is 17.8. The lowest BCUT2D eigenvalue weighted by molar-refractivity contribution is -0.141. The maximum absolute atomic E-state index is 12.5. The van der Waals surface area contributed by atoms with E-state index in [0.717, 1.165) is 59.0 Å². The Morgan fingerprint density at radius 2 is 0.774 bits per heavy atom. The summed E-state index contributed by atoms with van der Waals surface area (Å²) >= 11 is 1.30. The lowest BCUT2D eigenvalue weighted by Crippen LogP contribution is -2.41. The molecule has 2 fully saturated rings. The second-order valence-electron chi connectivity index (χ2n) is 30.3. The largest absolute Gasteiger partial charge is 0.381 e. The van der Waals surface area contributed by atoms with Gasteiger partial charge in [0.2, 0.25) is 17.7 Å². The van der Waals surface area contributed by atoms with Crippen molar-refractivity contribution >= 4 is 134 Å². The Kier molecular flexibility index (Phi) is 57.5. The number of rotatable bonds is 47. The van der Waals surface area contributed by atoms with Gasteiger partial charge in [0.05, 0.1) is 70.2 Å². The van der Waals surface area contributed by atoms with Crippen LogP contribution in [0.5, 0.6) is 0 Å². The van der Waals surface area contributed by atoms with Gasteiger partial charge in [-0.3, -0.25) is 120 Å². The molecule has 0 aromatic heterocycles. The lowest BCUT2D eigenvalue weighted by atomic mass is 9.80. The molecule has 4 aliphatic heterocycles. The quantitative estimate of drug-likeness (QED) is 0.0343. The third kappa shape index (κ3) is 50.5. The zero-order valence-corrected chi connectivity index (χ0v) is 72.0. The summed E-state index contributed by atoms with van der Waals surface area (Å²) in [6, 6.07) is 0. The van der Waals surface area contributed by atoms with E-state index in [1.54, 1.807) is 34.6 Å². The number of hydrogen-bond acceptors (Lipinski definition) is 26. The van der Waals surface area contributed by atoms with Gasteiger partial charge in [0, 0.05) is 161 Å². The second-order valence-corrected chi connectivity index (χ2v) is 31.5. The van der Waals surface area contributed by atoms with Gasteiger partial charge >= 0.3 is 0 Å². The fourth-order valence-electron chi connectivity index (χ4n) is 9.91. The summed E-state index contributed by atoms with van der Waals surface area (Å²) < 4.78 is 20.6. The molecule has 4 heterocycles. The number of amides is 9. The van der Waals surface area contributed by atoms with Crippen LogP contribution < -0.4 is 5.32 Å². The molecule has 1 atom stereocenters. The smallest absolute Gasteiger partial charge is 0.254 e. The minimum atomic E-state index is -0.487. The molecule has 31 heteroatoms. The van der Waals surface area contributed by atoms with E-state index in [2.05, 4.69) is 5.32 Å². The van der Waals surface area contributed by atoms with Crippen molar-refractivity contribution in [3.05, 3.63) is 36.5 Å². The number of carbonyl (C=O) groups is 21. The molecule has 9 amide bonds. The van der Waals surface area contributed by atoms with Crippen molar-refractivity contribution in [2.75, 3.05) is 91.3 Å². The molecule has 646 valence electrons. The van der Waals surface area contributed by atoms with Gasteiger partial charge in [0.25, 0.3) is 35.4 Å². The zero-order valence-electron chi connectivity index (χ0n) is 71.1. The molecule has 1 aliphatic carbocycles. The summed E-state index contributed by atoms with van der Waals surface area (Å²) in [5.74, 6) is -1.49. The first kappa shape index (κ1) is 109. The Bertz CT molecular complexity index is 3340. The summed E-state index contributed by atoms with van der Waals surface area (Å²) in [5, 5.41) is 2.13. The van der Waals surface area contributed by atoms with Crippen molar-refractivity contribution in [2.45, 2.75) is 226 Å². The molecular formula is C84H129N5O25S. The number of carbonyl (C=O) groups excluding carboxylic acids is 21. The number of nitrogens with one attached hydrogen (secondary N) is 1. The van der Waals surface area contributed by atoms with Crippen molar-refractivity contribution in [2.24, 2.45) is 53.3 Å². The van der Waals surface area contributed by atoms with Crippen molar-refractivity contribution in [1.29, 1.82) is 0 Å². The van der Waals surface area contributed by atoms with E-state index < -0.39 is 34.8 Å². The molecule has 1 saturated heterocycles. The fourth-order valence-corrected chi connectivity index (χ4v) is 11.1. The highest BCUT2D eigenvalue weighted by atomic mass is 32.2. The zero-order chi connectivity index (χ0) is 88.2. The van der Waals surface area contributed by atoms with Crippen molar-refractivity contribution < 1.29 is 120 Å². The van der Waals surface area contributed by atoms with E-state index in [0.29, 0.717) is 89.8 Å². The van der Waals surface area contributed by atoms with E-state index in [4.69, 9.17) is 18.9 Å². The van der Waals surface area contributed by atoms with Gasteiger partial charge in [-0.1, -0.05) is 104 Å². The molecule has 0 bridgehead atoms. The van der Waals surface area contributed by atoms with E-state index in [9.17, 15) is 101 Å². The number of hydrogen-bond donors (Lipinski definition) is 1. The van der Waals surface area contributed by atoms with Crippen LogP contribution in [0, 0.1) is 53.3 Å². The van der Waals surface area contributed by atoms with Crippen LogP contribution in [0.4, 0.5) is 0 Å². The van der Waals surface area contributed by atoms with Gasteiger partial charge in [-0.25, -0.2) is 0 Å². The molecule has 0 spiro atoms. The first-order valence-electron chi connectivity index (χ1n) is 39.7. The SMILES string of the molecule is CC(=O)C1CCC(CN2C(=O)CC(SCC(=O)C(C)C)C2=O)CC1.CC(=O)CC(=O)C(C)C.CC(=O)COCCC(=O)C(C)C.CC(C)C(=O)CCOCCC(=O)CCN1C(=O)C=CC1=O.CC(C)C(=O)CCOCCNC(=O)CN1C(=O)C=CC1=O.CC(C)C(=O)CN1C(=O)C=CC1=O.CCCC(=O)CCOCCC(=O)C(C)C. The van der Waals surface area contributed by atoms with Gasteiger partial charge in [-0.15, -0.1) is 11.8 Å². The highest BCUT2D eigenvalue weighted by molar-refractivity contribution is 8.01. The standard InChI is InChI=1S/C18H27NO4S.C15H21NO5.C14H20N2O5.C12H22O3.C9H11NO3.C9H16O3.C7H12O2/c1-11(2)15(21)10-24-16-8-17(22)19(18(16)23)9-13-4-6-14(7-5-13)12(3)20;1-11(2)13(18)7-10-21-9-6-12(17)5-8-16-14(19)3-4-15(16)20;1-10(2)11(17)5-7-21-8-6-15-12(18)9-16-13(19)3-4-14(16)20;1-4-5-11(13)6-8-15-9-7-12(14)10(2)3;1-6(2)7(11)5-10-8(12)3-4-9(10)13;1-7(2)9(11)4-5-12-6-8(3)10;1-5(2)7(9)4-6(3)8/h11,13-14,16H,4-10H2,1-3H3;3-4,11H,5-10H2,1-2H3;3-4,10H,5-9H2,1-2H3,(H,15,18);10H,4-9H2,1-3H3;3-4,6H,5H2,1-2H3;7H,4-6H2,1-3H3;5H,4H2,1-3H3. The number of ether oxygens (including phenoxy) is 4. The molecule has 5 aliphatic rings. The average Bonchev–Trinajstić information content (AvgIpc) is 1.67. The molecule has 0 aromatic rings. The summed E-state index contributed by atoms with van der Waals surface area (Å²) in [4.78, 5) is 241. The predicted molar refractivity (Wildman–Crippen MR) is 430 cm³/mol. The summed E-state index contributed by atoms with van der Waals surface area (Å²) in [6.07, 6.45) is 14.7. The maximum Gasteiger partial charge on any atom is 0.254 e. The predicted octanol–water partition coefficient (Wildman–Crippen LogP) is 7.93. The summed E-state index contributed by atoms with van der Waals surface area (Å²) in [6.45, 7) is 35.0. The molecule has 1 N–H and O–H groups in total. The first-order chi connectivity index (χ1) is 53.8.